The van der Waals surface area contributed by atoms with Crippen LogP contribution in [0.25, 0.3) is 0 Å². The molecule has 1 aromatic carbocycles. The zero-order valence-electron chi connectivity index (χ0n) is 12.5. The normalized spacial score (nSPS) is 12.5. The molecule has 2 rings (SSSR count). The van der Waals surface area contributed by atoms with E-state index in [-0.39, 0.29) is 6.04 Å². The van der Waals surface area contributed by atoms with Crippen LogP contribution in [0, 0.1) is 6.92 Å². The lowest BCUT2D eigenvalue weighted by molar-refractivity contribution is 0.247. The Morgan fingerprint density at radius 3 is 2.76 bits per heavy atom. The summed E-state index contributed by atoms with van der Waals surface area (Å²) in [6, 6.07) is 9.90. The molecule has 0 spiro atoms. The van der Waals surface area contributed by atoms with Gasteiger partial charge in [0.15, 0.2) is 0 Å². The summed E-state index contributed by atoms with van der Waals surface area (Å²) < 4.78 is 0. The Bertz CT molecular complexity index is 617. The van der Waals surface area contributed by atoms with E-state index in [2.05, 4.69) is 33.3 Å². The molecular weight excluding hydrogens is 286 g/mol. The van der Waals surface area contributed by atoms with Crippen molar-refractivity contribution in [1.29, 1.82) is 0 Å². The molecule has 112 valence electrons. The average molecular weight is 306 g/mol. The first kappa shape index (κ1) is 15.7. The maximum absolute atomic E-state index is 6.05. The van der Waals surface area contributed by atoms with E-state index in [0.29, 0.717) is 12.4 Å². The maximum atomic E-state index is 6.05. The molecule has 0 fully saturated rings. The molecule has 1 aromatic heterocycles. The second kappa shape index (κ2) is 6.85. The second-order valence-electron chi connectivity index (χ2n) is 5.10. The van der Waals surface area contributed by atoms with Gasteiger partial charge in [-0.25, -0.2) is 15.8 Å². The van der Waals surface area contributed by atoms with Gasteiger partial charge in [0.05, 0.1) is 6.54 Å². The number of nitrogen functional groups attached to an aromatic ring is 1. The lowest BCUT2D eigenvalue weighted by Crippen LogP contribution is -2.23. The van der Waals surface area contributed by atoms with E-state index in [1.165, 1.54) is 0 Å². The van der Waals surface area contributed by atoms with E-state index in [1.54, 1.807) is 0 Å². The summed E-state index contributed by atoms with van der Waals surface area (Å²) in [5, 5.41) is 0.745. The number of rotatable bonds is 5. The number of anilines is 1. The van der Waals surface area contributed by atoms with Crippen LogP contribution < -0.4 is 11.3 Å². The quantitative estimate of drug-likeness (QED) is 0.657. The predicted octanol–water partition coefficient (Wildman–Crippen LogP) is 2.92. The molecule has 0 aliphatic rings. The largest absolute Gasteiger partial charge is 0.308 e. The Labute approximate surface area is 130 Å². The summed E-state index contributed by atoms with van der Waals surface area (Å²) >= 11 is 6.05. The van der Waals surface area contributed by atoms with Gasteiger partial charge in [-0.15, -0.1) is 0 Å². The van der Waals surface area contributed by atoms with E-state index < -0.39 is 0 Å². The van der Waals surface area contributed by atoms with E-state index in [4.69, 9.17) is 17.4 Å². The molecule has 5 nitrogen and oxygen atoms in total. The standard InChI is InChI=1S/C15H20ClN5/c1-10-7-14(20-17)19-15(18-10)9-21(3)11(2)12-5-4-6-13(16)8-12/h4-8,11H,9,17H2,1-3H3,(H,18,19,20). The summed E-state index contributed by atoms with van der Waals surface area (Å²) in [6.07, 6.45) is 0. The van der Waals surface area contributed by atoms with Crippen LogP contribution in [0.4, 0.5) is 5.82 Å². The van der Waals surface area contributed by atoms with Crippen LogP contribution in [0.2, 0.25) is 5.02 Å². The number of aryl methyl sites for hydroxylation is 1. The highest BCUT2D eigenvalue weighted by molar-refractivity contribution is 6.30. The van der Waals surface area contributed by atoms with Crippen LogP contribution in [-0.4, -0.2) is 21.9 Å². The van der Waals surface area contributed by atoms with Crippen LogP contribution in [0.3, 0.4) is 0 Å². The zero-order valence-corrected chi connectivity index (χ0v) is 13.2. The third-order valence-electron chi connectivity index (χ3n) is 3.43. The van der Waals surface area contributed by atoms with E-state index in [1.807, 2.05) is 38.2 Å². The summed E-state index contributed by atoms with van der Waals surface area (Å²) in [7, 11) is 2.03. The summed E-state index contributed by atoms with van der Waals surface area (Å²) in [6.45, 7) is 4.68. The highest BCUT2D eigenvalue weighted by Gasteiger charge is 2.14. The highest BCUT2D eigenvalue weighted by Crippen LogP contribution is 2.23. The van der Waals surface area contributed by atoms with Crippen molar-refractivity contribution in [1.82, 2.24) is 14.9 Å². The van der Waals surface area contributed by atoms with Crippen molar-refractivity contribution in [2.75, 3.05) is 12.5 Å². The minimum Gasteiger partial charge on any atom is -0.308 e. The molecule has 0 saturated carbocycles. The number of aromatic nitrogens is 2. The Kier molecular flexibility index (Phi) is 5.12. The molecule has 0 bridgehead atoms. The average Bonchev–Trinajstić information content (AvgIpc) is 2.45. The zero-order chi connectivity index (χ0) is 15.4. The van der Waals surface area contributed by atoms with Crippen molar-refractivity contribution < 1.29 is 0 Å². The maximum Gasteiger partial charge on any atom is 0.145 e. The highest BCUT2D eigenvalue weighted by atomic mass is 35.5. The summed E-state index contributed by atoms with van der Waals surface area (Å²) in [4.78, 5) is 11.0. The lowest BCUT2D eigenvalue weighted by atomic mass is 10.1. The molecule has 21 heavy (non-hydrogen) atoms. The van der Waals surface area contributed by atoms with Crippen molar-refractivity contribution in [3.05, 3.63) is 52.4 Å². The molecule has 6 heteroatoms. The second-order valence-corrected chi connectivity index (χ2v) is 5.54. The van der Waals surface area contributed by atoms with Crippen molar-refractivity contribution in [3.63, 3.8) is 0 Å². The van der Waals surface area contributed by atoms with Crippen LogP contribution in [-0.2, 0) is 6.54 Å². The van der Waals surface area contributed by atoms with Gasteiger partial charge in [0.2, 0.25) is 0 Å². The fourth-order valence-corrected chi connectivity index (χ4v) is 2.35. The van der Waals surface area contributed by atoms with Gasteiger partial charge < -0.3 is 5.43 Å². The number of hydrogen-bond acceptors (Lipinski definition) is 5. The van der Waals surface area contributed by atoms with E-state index in [9.17, 15) is 0 Å². The first-order valence-corrected chi connectivity index (χ1v) is 7.14. The number of hydrazine groups is 1. The van der Waals surface area contributed by atoms with Crippen molar-refractivity contribution in [2.45, 2.75) is 26.4 Å². The van der Waals surface area contributed by atoms with Crippen LogP contribution >= 0.6 is 11.6 Å². The van der Waals surface area contributed by atoms with Gasteiger partial charge in [-0.3, -0.25) is 4.90 Å². The number of nitrogens with two attached hydrogens (primary N) is 1. The van der Waals surface area contributed by atoms with Crippen LogP contribution in [0.15, 0.2) is 30.3 Å². The number of nitrogens with one attached hydrogen (secondary N) is 1. The smallest absolute Gasteiger partial charge is 0.145 e. The Hall–Kier alpha value is -1.69. The molecule has 0 radical (unpaired) electrons. The van der Waals surface area contributed by atoms with Crippen LogP contribution in [0.1, 0.15) is 30.0 Å². The van der Waals surface area contributed by atoms with Crippen LogP contribution in [0.5, 0.6) is 0 Å². The van der Waals surface area contributed by atoms with Gasteiger partial charge >= 0.3 is 0 Å². The van der Waals surface area contributed by atoms with Crippen molar-refractivity contribution >= 4 is 17.4 Å². The first-order chi connectivity index (χ1) is 9.99. The Balaban J connectivity index is 2.13. The minimum absolute atomic E-state index is 0.210. The topological polar surface area (TPSA) is 67.1 Å². The molecule has 3 N–H and O–H groups in total. The summed E-state index contributed by atoms with van der Waals surface area (Å²) in [5.74, 6) is 6.78. The lowest BCUT2D eigenvalue weighted by Gasteiger charge is -2.24. The van der Waals surface area contributed by atoms with Gasteiger partial charge in [-0.2, -0.15) is 0 Å². The number of halogens is 1. The van der Waals surface area contributed by atoms with Gasteiger partial charge in [-0.05, 0) is 38.6 Å². The van der Waals surface area contributed by atoms with Gasteiger partial charge in [0, 0.05) is 22.8 Å². The fourth-order valence-electron chi connectivity index (χ4n) is 2.16. The minimum atomic E-state index is 0.210. The van der Waals surface area contributed by atoms with Crippen molar-refractivity contribution in [3.8, 4) is 0 Å². The molecule has 0 aliphatic carbocycles. The third kappa shape index (κ3) is 4.14. The number of benzene rings is 1. The molecule has 1 heterocycles. The first-order valence-electron chi connectivity index (χ1n) is 6.76. The van der Waals surface area contributed by atoms with E-state index >= 15 is 0 Å². The van der Waals surface area contributed by atoms with Gasteiger partial charge in [0.25, 0.3) is 0 Å². The SMILES string of the molecule is Cc1cc(NN)nc(CN(C)C(C)c2cccc(Cl)c2)n1. The van der Waals surface area contributed by atoms with E-state index in [0.717, 1.165) is 22.1 Å². The molecular formula is C15H20ClN5. The van der Waals surface area contributed by atoms with Crippen molar-refractivity contribution in [2.24, 2.45) is 5.84 Å². The monoisotopic (exact) mass is 305 g/mol. The molecule has 0 amide bonds. The molecule has 1 atom stereocenters. The third-order valence-corrected chi connectivity index (χ3v) is 3.67. The Morgan fingerprint density at radius 2 is 2.10 bits per heavy atom. The summed E-state index contributed by atoms with van der Waals surface area (Å²) in [5.41, 5.74) is 4.61. The predicted molar refractivity (Wildman–Crippen MR) is 85.9 cm³/mol. The molecule has 0 saturated heterocycles. The van der Waals surface area contributed by atoms with Gasteiger partial charge in [0.1, 0.15) is 11.6 Å². The molecule has 1 unspecified atom stereocenters. The number of nitrogens with zero attached hydrogens (tertiary/aromatic N) is 3. The number of hydrogen-bond donors (Lipinski definition) is 2. The molecule has 0 aliphatic heterocycles. The molecule has 2 aromatic rings. The Morgan fingerprint density at radius 1 is 1.33 bits per heavy atom. The van der Waals surface area contributed by atoms with Gasteiger partial charge in [-0.1, -0.05) is 23.7 Å². The fraction of sp³-hybridized carbons (Fsp3) is 0.333.